The van der Waals surface area contributed by atoms with Gasteiger partial charge in [-0.3, -0.25) is 0 Å². The molecule has 2 nitrogen and oxygen atoms in total. The Balaban J connectivity index is 2.00. The van der Waals surface area contributed by atoms with Crippen LogP contribution in [0.1, 0.15) is 39.2 Å². The van der Waals surface area contributed by atoms with Crippen LogP contribution in [0.2, 0.25) is 0 Å². The summed E-state index contributed by atoms with van der Waals surface area (Å²) in [5, 5.41) is 3.71. The van der Waals surface area contributed by atoms with E-state index in [1.807, 2.05) is 0 Å². The van der Waals surface area contributed by atoms with E-state index >= 15 is 0 Å². The van der Waals surface area contributed by atoms with Gasteiger partial charge in [0.2, 0.25) is 0 Å². The zero-order valence-corrected chi connectivity index (χ0v) is 11.8. The number of ether oxygens (including phenoxy) is 1. The zero-order chi connectivity index (χ0) is 13.0. The average molecular weight is 247 g/mol. The molecule has 1 saturated heterocycles. The third-order valence-corrected chi connectivity index (χ3v) is 3.82. The van der Waals surface area contributed by atoms with Crippen molar-refractivity contribution in [3.8, 4) is 0 Å². The number of benzene rings is 1. The Morgan fingerprint density at radius 3 is 2.83 bits per heavy atom. The Bertz CT molecular complexity index is 375. The van der Waals surface area contributed by atoms with Crippen LogP contribution in [0.3, 0.4) is 0 Å². The van der Waals surface area contributed by atoms with Crippen molar-refractivity contribution in [3.63, 3.8) is 0 Å². The lowest BCUT2D eigenvalue weighted by Crippen LogP contribution is -2.36. The molecule has 1 heterocycles. The van der Waals surface area contributed by atoms with Gasteiger partial charge < -0.3 is 10.1 Å². The lowest BCUT2D eigenvalue weighted by atomic mass is 9.95. The highest BCUT2D eigenvalue weighted by atomic mass is 16.5. The van der Waals surface area contributed by atoms with Gasteiger partial charge in [-0.2, -0.15) is 0 Å². The van der Waals surface area contributed by atoms with E-state index in [4.69, 9.17) is 4.74 Å². The number of hydrogen-bond donors (Lipinski definition) is 1. The van der Waals surface area contributed by atoms with Crippen LogP contribution in [-0.4, -0.2) is 18.8 Å². The molecule has 2 rings (SSSR count). The van der Waals surface area contributed by atoms with Gasteiger partial charge in [0.25, 0.3) is 0 Å². The molecular weight excluding hydrogens is 222 g/mol. The van der Waals surface area contributed by atoms with Crippen LogP contribution in [0.25, 0.3) is 0 Å². The summed E-state index contributed by atoms with van der Waals surface area (Å²) in [6, 6.07) is 9.19. The molecule has 2 atom stereocenters. The Morgan fingerprint density at radius 1 is 1.33 bits per heavy atom. The van der Waals surface area contributed by atoms with Crippen molar-refractivity contribution in [2.75, 3.05) is 11.9 Å². The van der Waals surface area contributed by atoms with Crippen molar-refractivity contribution >= 4 is 5.69 Å². The third-order valence-electron chi connectivity index (χ3n) is 3.82. The number of hydrogen-bond acceptors (Lipinski definition) is 2. The first kappa shape index (κ1) is 13.4. The van der Waals surface area contributed by atoms with Crippen LogP contribution >= 0.6 is 0 Å². The summed E-state index contributed by atoms with van der Waals surface area (Å²) in [5.41, 5.74) is 2.71. The number of nitrogens with one attached hydrogen (secondary N) is 1. The molecule has 0 aromatic heterocycles. The summed E-state index contributed by atoms with van der Waals surface area (Å²) >= 11 is 0. The molecule has 0 spiro atoms. The summed E-state index contributed by atoms with van der Waals surface area (Å²) in [6.07, 6.45) is 3.72. The summed E-state index contributed by atoms with van der Waals surface area (Å²) in [6.45, 7) is 7.58. The van der Waals surface area contributed by atoms with Gasteiger partial charge in [-0.25, -0.2) is 0 Å². The van der Waals surface area contributed by atoms with Crippen molar-refractivity contribution in [3.05, 3.63) is 29.8 Å². The van der Waals surface area contributed by atoms with Crippen molar-refractivity contribution in [2.45, 2.75) is 52.2 Å². The second-order valence-corrected chi connectivity index (χ2v) is 5.53. The molecule has 0 saturated carbocycles. The minimum absolute atomic E-state index is 0.407. The number of aryl methyl sites for hydroxylation is 1. The average Bonchev–Trinajstić information content (AvgIpc) is 2.39. The smallest absolute Gasteiger partial charge is 0.0617 e. The second-order valence-electron chi connectivity index (χ2n) is 5.53. The van der Waals surface area contributed by atoms with E-state index in [2.05, 4.69) is 50.4 Å². The van der Waals surface area contributed by atoms with Gasteiger partial charge in [0.15, 0.2) is 0 Å². The van der Waals surface area contributed by atoms with Gasteiger partial charge in [0, 0.05) is 18.3 Å². The standard InChI is InChI=1S/C16H25NO/c1-4-13-7-5-6-8-15(13)17-14-9-10-18-16(11-14)12(2)3/h5-8,12,14,16-17H,4,9-11H2,1-3H3. The van der Waals surface area contributed by atoms with Crippen LogP contribution in [0.5, 0.6) is 0 Å². The molecule has 0 bridgehead atoms. The maximum absolute atomic E-state index is 5.82. The molecule has 2 unspecified atom stereocenters. The van der Waals surface area contributed by atoms with Crippen molar-refractivity contribution in [2.24, 2.45) is 5.92 Å². The Kier molecular flexibility index (Phi) is 4.65. The highest BCUT2D eigenvalue weighted by Gasteiger charge is 2.24. The van der Waals surface area contributed by atoms with Crippen LogP contribution in [0.15, 0.2) is 24.3 Å². The Hall–Kier alpha value is -1.02. The maximum Gasteiger partial charge on any atom is 0.0617 e. The topological polar surface area (TPSA) is 21.3 Å². The SMILES string of the molecule is CCc1ccccc1NC1CCOC(C(C)C)C1. The van der Waals surface area contributed by atoms with E-state index in [1.54, 1.807) is 0 Å². The van der Waals surface area contributed by atoms with Crippen LogP contribution < -0.4 is 5.32 Å². The molecule has 1 aliphatic rings. The van der Waals surface area contributed by atoms with Gasteiger partial charge in [-0.15, -0.1) is 0 Å². The Morgan fingerprint density at radius 2 is 2.11 bits per heavy atom. The van der Waals surface area contributed by atoms with Gasteiger partial charge in [-0.05, 0) is 36.8 Å². The molecule has 1 aliphatic heterocycles. The fraction of sp³-hybridized carbons (Fsp3) is 0.625. The van der Waals surface area contributed by atoms with Crippen molar-refractivity contribution < 1.29 is 4.74 Å². The summed E-state index contributed by atoms with van der Waals surface area (Å²) < 4.78 is 5.82. The largest absolute Gasteiger partial charge is 0.382 e. The van der Waals surface area contributed by atoms with E-state index in [1.165, 1.54) is 11.3 Å². The molecule has 18 heavy (non-hydrogen) atoms. The summed E-state index contributed by atoms with van der Waals surface area (Å²) in [7, 11) is 0. The van der Waals surface area contributed by atoms with E-state index in [0.717, 1.165) is 25.9 Å². The summed E-state index contributed by atoms with van der Waals surface area (Å²) in [5.74, 6) is 0.607. The molecular formula is C16H25NO. The van der Waals surface area contributed by atoms with Crippen molar-refractivity contribution in [1.29, 1.82) is 0 Å². The molecule has 0 radical (unpaired) electrons. The normalized spacial score (nSPS) is 24.2. The van der Waals surface area contributed by atoms with E-state index in [-0.39, 0.29) is 0 Å². The van der Waals surface area contributed by atoms with Gasteiger partial charge >= 0.3 is 0 Å². The monoisotopic (exact) mass is 247 g/mol. The van der Waals surface area contributed by atoms with Crippen LogP contribution in [0, 0.1) is 5.92 Å². The molecule has 0 amide bonds. The first-order valence-electron chi connectivity index (χ1n) is 7.16. The van der Waals surface area contributed by atoms with E-state index in [9.17, 15) is 0 Å². The van der Waals surface area contributed by atoms with Crippen LogP contribution in [-0.2, 0) is 11.2 Å². The first-order chi connectivity index (χ1) is 8.70. The van der Waals surface area contributed by atoms with E-state index < -0.39 is 0 Å². The Labute approximate surface area is 111 Å². The van der Waals surface area contributed by atoms with Gasteiger partial charge in [0.05, 0.1) is 6.10 Å². The fourth-order valence-corrected chi connectivity index (χ4v) is 2.61. The minimum Gasteiger partial charge on any atom is -0.382 e. The quantitative estimate of drug-likeness (QED) is 0.872. The second kappa shape index (κ2) is 6.24. The molecule has 100 valence electrons. The molecule has 0 aliphatic carbocycles. The van der Waals surface area contributed by atoms with Crippen LogP contribution in [0.4, 0.5) is 5.69 Å². The maximum atomic E-state index is 5.82. The van der Waals surface area contributed by atoms with Gasteiger partial charge in [-0.1, -0.05) is 39.0 Å². The summed E-state index contributed by atoms with van der Waals surface area (Å²) in [4.78, 5) is 0. The lowest BCUT2D eigenvalue weighted by molar-refractivity contribution is -0.0160. The molecule has 1 N–H and O–H groups in total. The predicted molar refractivity (Wildman–Crippen MR) is 77.0 cm³/mol. The molecule has 2 heteroatoms. The molecule has 1 fully saturated rings. The van der Waals surface area contributed by atoms with Gasteiger partial charge in [0.1, 0.15) is 0 Å². The number of para-hydroxylation sites is 1. The molecule has 1 aromatic rings. The zero-order valence-electron chi connectivity index (χ0n) is 11.8. The number of anilines is 1. The highest BCUT2D eigenvalue weighted by Crippen LogP contribution is 2.24. The molecule has 1 aromatic carbocycles. The lowest BCUT2D eigenvalue weighted by Gasteiger charge is -2.33. The van der Waals surface area contributed by atoms with Crippen molar-refractivity contribution in [1.82, 2.24) is 0 Å². The predicted octanol–water partition coefficient (Wildman–Crippen LogP) is 3.86. The first-order valence-corrected chi connectivity index (χ1v) is 7.16. The highest BCUT2D eigenvalue weighted by molar-refractivity contribution is 5.51. The van der Waals surface area contributed by atoms with E-state index in [0.29, 0.717) is 18.1 Å². The fourth-order valence-electron chi connectivity index (χ4n) is 2.61. The minimum atomic E-state index is 0.407. The third kappa shape index (κ3) is 3.26. The number of rotatable bonds is 4.